The fourth-order valence-electron chi connectivity index (χ4n) is 3.44. The number of nitrogens with zero attached hydrogens (tertiary/aromatic N) is 1. The minimum absolute atomic E-state index is 0.0888. The number of nitrogen functional groups attached to an aromatic ring is 1. The lowest BCUT2D eigenvalue weighted by molar-refractivity contribution is -0.163. The van der Waals surface area contributed by atoms with Crippen LogP contribution in [0.15, 0.2) is 24.3 Å². The molecule has 0 bridgehead atoms. The molecule has 2 rings (SSSR count). The SMILES string of the molecule is CC(C)[C@H](NC(=O)c1ccc(C(=N)N)cc1)C(=O)N1CCC(OC(=O)C(=O)C(C)(C)C)CC1. The molecule has 1 saturated heterocycles. The van der Waals surface area contributed by atoms with Crippen LogP contribution < -0.4 is 11.1 Å². The maximum atomic E-state index is 13.1. The normalized spacial score (nSPS) is 15.6. The summed E-state index contributed by atoms with van der Waals surface area (Å²) in [5.74, 6) is -2.22. The summed E-state index contributed by atoms with van der Waals surface area (Å²) >= 11 is 0. The number of carbonyl (C=O) groups is 4. The van der Waals surface area contributed by atoms with Crippen molar-refractivity contribution in [3.63, 3.8) is 0 Å². The fraction of sp³-hybridized carbons (Fsp3) is 0.542. The molecule has 1 aromatic carbocycles. The van der Waals surface area contributed by atoms with Gasteiger partial charge in [0, 0.05) is 42.5 Å². The molecule has 9 heteroatoms. The van der Waals surface area contributed by atoms with Crippen LogP contribution in [0.3, 0.4) is 0 Å². The third-order valence-corrected chi connectivity index (χ3v) is 5.57. The molecule has 180 valence electrons. The number of carbonyl (C=O) groups excluding carboxylic acids is 4. The number of ether oxygens (including phenoxy) is 1. The van der Waals surface area contributed by atoms with E-state index >= 15 is 0 Å². The maximum Gasteiger partial charge on any atom is 0.375 e. The van der Waals surface area contributed by atoms with Gasteiger partial charge in [0.1, 0.15) is 18.0 Å². The number of hydrogen-bond acceptors (Lipinski definition) is 6. The number of esters is 1. The van der Waals surface area contributed by atoms with E-state index in [1.165, 1.54) is 0 Å². The molecule has 0 spiro atoms. The Morgan fingerprint density at radius 2 is 1.58 bits per heavy atom. The number of amides is 2. The highest BCUT2D eigenvalue weighted by Gasteiger charge is 2.35. The zero-order valence-electron chi connectivity index (χ0n) is 19.9. The number of ketones is 1. The van der Waals surface area contributed by atoms with E-state index in [9.17, 15) is 19.2 Å². The van der Waals surface area contributed by atoms with Gasteiger partial charge in [0.25, 0.3) is 5.91 Å². The summed E-state index contributed by atoms with van der Waals surface area (Å²) in [6, 6.07) is 5.57. The van der Waals surface area contributed by atoms with E-state index in [4.69, 9.17) is 15.9 Å². The first-order chi connectivity index (χ1) is 15.3. The van der Waals surface area contributed by atoms with Crippen LogP contribution in [-0.4, -0.2) is 59.5 Å². The number of rotatable bonds is 7. The zero-order chi connectivity index (χ0) is 24.9. The molecule has 0 aliphatic carbocycles. The van der Waals surface area contributed by atoms with Gasteiger partial charge in [-0.3, -0.25) is 19.8 Å². The molecule has 1 aliphatic heterocycles. The van der Waals surface area contributed by atoms with Gasteiger partial charge in [0.05, 0.1) is 0 Å². The number of nitrogens with two attached hydrogens (primary N) is 1. The first-order valence-electron chi connectivity index (χ1n) is 11.1. The van der Waals surface area contributed by atoms with Crippen LogP contribution in [0, 0.1) is 16.7 Å². The quantitative estimate of drug-likeness (QED) is 0.246. The number of Topliss-reactive ketones (excluding diaryl/α,β-unsaturated/α-hetero) is 1. The molecule has 1 atom stereocenters. The van der Waals surface area contributed by atoms with Crippen molar-refractivity contribution in [3.8, 4) is 0 Å². The molecule has 1 aromatic rings. The number of nitrogens with one attached hydrogen (secondary N) is 2. The van der Waals surface area contributed by atoms with Crippen molar-refractivity contribution in [1.29, 1.82) is 5.41 Å². The average Bonchev–Trinajstić information content (AvgIpc) is 2.76. The van der Waals surface area contributed by atoms with Gasteiger partial charge in [-0.1, -0.05) is 46.8 Å². The number of piperidine rings is 1. The molecule has 0 unspecified atom stereocenters. The second kappa shape index (κ2) is 10.6. The van der Waals surface area contributed by atoms with Gasteiger partial charge in [0.15, 0.2) is 0 Å². The molecule has 9 nitrogen and oxygen atoms in total. The van der Waals surface area contributed by atoms with Crippen molar-refractivity contribution in [3.05, 3.63) is 35.4 Å². The fourth-order valence-corrected chi connectivity index (χ4v) is 3.44. The van der Waals surface area contributed by atoms with Crippen LogP contribution in [0.4, 0.5) is 0 Å². The molecular formula is C24H34N4O5. The summed E-state index contributed by atoms with van der Waals surface area (Å²) in [7, 11) is 0. The Kier molecular flexibility index (Phi) is 8.35. The van der Waals surface area contributed by atoms with Crippen molar-refractivity contribution in [2.75, 3.05) is 13.1 Å². The van der Waals surface area contributed by atoms with Crippen LogP contribution in [0.25, 0.3) is 0 Å². The van der Waals surface area contributed by atoms with Crippen molar-refractivity contribution in [1.82, 2.24) is 10.2 Å². The topological polar surface area (TPSA) is 143 Å². The third kappa shape index (κ3) is 6.87. The van der Waals surface area contributed by atoms with Gasteiger partial charge in [-0.2, -0.15) is 0 Å². The zero-order valence-corrected chi connectivity index (χ0v) is 19.9. The highest BCUT2D eigenvalue weighted by molar-refractivity contribution is 6.35. The van der Waals surface area contributed by atoms with E-state index in [1.54, 1.807) is 49.9 Å². The smallest absolute Gasteiger partial charge is 0.375 e. The van der Waals surface area contributed by atoms with E-state index in [2.05, 4.69) is 5.32 Å². The van der Waals surface area contributed by atoms with Gasteiger partial charge in [-0.15, -0.1) is 0 Å². The van der Waals surface area contributed by atoms with Crippen LogP contribution in [0.5, 0.6) is 0 Å². The lowest BCUT2D eigenvalue weighted by Crippen LogP contribution is -2.53. The second-order valence-corrected chi connectivity index (χ2v) is 9.70. The van der Waals surface area contributed by atoms with Gasteiger partial charge in [0.2, 0.25) is 11.7 Å². The van der Waals surface area contributed by atoms with Gasteiger partial charge < -0.3 is 20.7 Å². The van der Waals surface area contributed by atoms with E-state index < -0.39 is 29.3 Å². The van der Waals surface area contributed by atoms with Gasteiger partial charge in [-0.25, -0.2) is 4.79 Å². The Bertz CT molecular complexity index is 910. The summed E-state index contributed by atoms with van der Waals surface area (Å²) in [5, 5.41) is 10.2. The number of likely N-dealkylation sites (tertiary alicyclic amines) is 1. The minimum Gasteiger partial charge on any atom is -0.456 e. The molecule has 1 heterocycles. The van der Waals surface area contributed by atoms with E-state index in [-0.39, 0.29) is 23.6 Å². The Labute approximate surface area is 194 Å². The van der Waals surface area contributed by atoms with Gasteiger partial charge in [-0.05, 0) is 18.1 Å². The van der Waals surface area contributed by atoms with Crippen molar-refractivity contribution in [2.45, 2.75) is 59.6 Å². The molecule has 0 saturated carbocycles. The summed E-state index contributed by atoms with van der Waals surface area (Å²) in [5.41, 5.74) is 5.52. The molecule has 0 radical (unpaired) electrons. The summed E-state index contributed by atoms with van der Waals surface area (Å²) in [6.07, 6.45) is 0.445. The van der Waals surface area contributed by atoms with Crippen molar-refractivity contribution >= 4 is 29.4 Å². The summed E-state index contributed by atoms with van der Waals surface area (Å²) in [4.78, 5) is 51.6. The minimum atomic E-state index is -0.838. The van der Waals surface area contributed by atoms with E-state index in [0.29, 0.717) is 37.1 Å². The number of hydrogen-bond donors (Lipinski definition) is 3. The predicted molar refractivity (Wildman–Crippen MR) is 124 cm³/mol. The Morgan fingerprint density at radius 1 is 1.06 bits per heavy atom. The number of amidine groups is 1. The van der Waals surface area contributed by atoms with Crippen LogP contribution >= 0.6 is 0 Å². The number of benzene rings is 1. The Hall–Kier alpha value is -3.23. The predicted octanol–water partition coefficient (Wildman–Crippen LogP) is 1.87. The molecule has 1 aliphatic rings. The molecule has 0 aromatic heterocycles. The van der Waals surface area contributed by atoms with Crippen LogP contribution in [0.1, 0.15) is 63.4 Å². The second-order valence-electron chi connectivity index (χ2n) is 9.70. The highest BCUT2D eigenvalue weighted by atomic mass is 16.5. The first kappa shape index (κ1) is 26.0. The van der Waals surface area contributed by atoms with Crippen LogP contribution in [-0.2, 0) is 19.1 Å². The monoisotopic (exact) mass is 458 g/mol. The molecule has 4 N–H and O–H groups in total. The first-order valence-corrected chi connectivity index (χ1v) is 11.1. The Morgan fingerprint density at radius 3 is 2.03 bits per heavy atom. The lowest BCUT2D eigenvalue weighted by atomic mass is 9.91. The Balaban J connectivity index is 1.96. The summed E-state index contributed by atoms with van der Waals surface area (Å²) in [6.45, 7) is 9.43. The average molecular weight is 459 g/mol. The standard InChI is InChI=1S/C24H34N4O5/c1-14(2)18(27-21(30)16-8-6-15(7-9-16)20(25)26)22(31)28-12-10-17(11-13-28)33-23(32)19(29)24(3,4)5/h6-9,14,17-18H,10-13H2,1-5H3,(H3,25,26)(H,27,30)/t18-/m0/s1. The van der Waals surface area contributed by atoms with Gasteiger partial charge >= 0.3 is 5.97 Å². The lowest BCUT2D eigenvalue weighted by Gasteiger charge is -2.35. The van der Waals surface area contributed by atoms with Crippen molar-refractivity contribution in [2.24, 2.45) is 17.1 Å². The highest BCUT2D eigenvalue weighted by Crippen LogP contribution is 2.20. The summed E-state index contributed by atoms with van der Waals surface area (Å²) < 4.78 is 5.34. The molecule has 2 amide bonds. The van der Waals surface area contributed by atoms with E-state index in [0.717, 1.165) is 0 Å². The van der Waals surface area contributed by atoms with Crippen LogP contribution in [0.2, 0.25) is 0 Å². The largest absolute Gasteiger partial charge is 0.456 e. The van der Waals surface area contributed by atoms with Crippen molar-refractivity contribution < 1.29 is 23.9 Å². The van der Waals surface area contributed by atoms with E-state index in [1.807, 2.05) is 13.8 Å². The third-order valence-electron chi connectivity index (χ3n) is 5.57. The molecule has 33 heavy (non-hydrogen) atoms. The molecular weight excluding hydrogens is 424 g/mol. The molecule has 1 fully saturated rings. The maximum absolute atomic E-state index is 13.1.